The molecule has 0 aromatic rings. The molecular formula is C22H38O4. The van der Waals surface area contributed by atoms with Crippen molar-refractivity contribution in [3.05, 3.63) is 24.3 Å². The van der Waals surface area contributed by atoms with Crippen molar-refractivity contribution in [1.82, 2.24) is 0 Å². The van der Waals surface area contributed by atoms with Crippen molar-refractivity contribution in [2.45, 2.75) is 103 Å². The number of allylic oxidation sites excluding steroid dienone is 2. The highest BCUT2D eigenvalue weighted by Crippen LogP contribution is 2.13. The standard InChI is InChI=1S/C22H38O4/c23-21(24)19-17-15-13-11-9-7-5-3-1-2-4-6-8-10-12-14-16-18-20-22(25)26/h17-20H,1-16H2,(H,23,24)(H,25,26). The van der Waals surface area contributed by atoms with Crippen molar-refractivity contribution in [3.63, 3.8) is 0 Å². The zero-order valence-electron chi connectivity index (χ0n) is 16.3. The number of carboxylic acid groups (broad SMARTS) is 2. The summed E-state index contributed by atoms with van der Waals surface area (Å²) in [7, 11) is 0. The Bertz CT molecular complexity index is 361. The van der Waals surface area contributed by atoms with E-state index in [1.807, 2.05) is 0 Å². The lowest BCUT2D eigenvalue weighted by atomic mass is 10.0. The molecule has 4 heteroatoms. The maximum atomic E-state index is 10.3. The largest absolute Gasteiger partial charge is 0.478 e. The summed E-state index contributed by atoms with van der Waals surface area (Å²) in [6, 6.07) is 0. The minimum atomic E-state index is -0.851. The van der Waals surface area contributed by atoms with Crippen LogP contribution in [0.2, 0.25) is 0 Å². The predicted molar refractivity (Wildman–Crippen MR) is 107 cm³/mol. The molecule has 0 bridgehead atoms. The highest BCUT2D eigenvalue weighted by atomic mass is 16.4. The number of carboxylic acids is 2. The molecule has 0 aromatic carbocycles. The van der Waals surface area contributed by atoms with E-state index in [9.17, 15) is 9.59 Å². The molecule has 0 aliphatic carbocycles. The Morgan fingerprint density at radius 3 is 0.923 bits per heavy atom. The van der Waals surface area contributed by atoms with Crippen molar-refractivity contribution >= 4 is 11.9 Å². The van der Waals surface area contributed by atoms with E-state index in [0.29, 0.717) is 0 Å². The number of hydrogen-bond acceptors (Lipinski definition) is 2. The van der Waals surface area contributed by atoms with Gasteiger partial charge in [-0.1, -0.05) is 89.2 Å². The number of unbranched alkanes of at least 4 members (excludes halogenated alkanes) is 15. The molecule has 0 aliphatic heterocycles. The van der Waals surface area contributed by atoms with Gasteiger partial charge in [-0.05, 0) is 25.7 Å². The van der Waals surface area contributed by atoms with E-state index in [-0.39, 0.29) is 0 Å². The van der Waals surface area contributed by atoms with E-state index in [1.54, 1.807) is 12.2 Å². The van der Waals surface area contributed by atoms with Crippen molar-refractivity contribution in [2.75, 3.05) is 0 Å². The Balaban J connectivity index is 3.09. The van der Waals surface area contributed by atoms with Gasteiger partial charge in [-0.25, -0.2) is 9.59 Å². The Morgan fingerprint density at radius 2 is 0.692 bits per heavy atom. The van der Waals surface area contributed by atoms with Crippen LogP contribution in [0.25, 0.3) is 0 Å². The molecule has 0 radical (unpaired) electrons. The van der Waals surface area contributed by atoms with Crippen molar-refractivity contribution in [3.8, 4) is 0 Å². The summed E-state index contributed by atoms with van der Waals surface area (Å²) < 4.78 is 0. The van der Waals surface area contributed by atoms with E-state index >= 15 is 0 Å². The number of hydrogen-bond donors (Lipinski definition) is 2. The Labute approximate surface area is 159 Å². The molecule has 4 nitrogen and oxygen atoms in total. The molecule has 2 N–H and O–H groups in total. The van der Waals surface area contributed by atoms with Gasteiger partial charge in [0, 0.05) is 12.2 Å². The Kier molecular flexibility index (Phi) is 18.5. The molecule has 0 amide bonds. The van der Waals surface area contributed by atoms with Gasteiger partial charge in [0.25, 0.3) is 0 Å². The minimum absolute atomic E-state index is 0.851. The molecule has 0 fully saturated rings. The summed E-state index contributed by atoms with van der Waals surface area (Å²) in [6.07, 6.45) is 25.5. The van der Waals surface area contributed by atoms with Gasteiger partial charge in [0.05, 0.1) is 0 Å². The summed E-state index contributed by atoms with van der Waals surface area (Å²) in [5.41, 5.74) is 0. The van der Waals surface area contributed by atoms with Crippen LogP contribution in [-0.2, 0) is 9.59 Å². The van der Waals surface area contributed by atoms with Crippen LogP contribution in [0.3, 0.4) is 0 Å². The molecule has 0 aliphatic rings. The fraction of sp³-hybridized carbons (Fsp3) is 0.727. The predicted octanol–water partition coefficient (Wildman–Crippen LogP) is 6.51. The molecule has 0 unspecified atom stereocenters. The summed E-state index contributed by atoms with van der Waals surface area (Å²) in [6.45, 7) is 0. The highest BCUT2D eigenvalue weighted by molar-refractivity contribution is 5.79. The van der Waals surface area contributed by atoms with E-state index in [0.717, 1.165) is 25.7 Å². The lowest BCUT2D eigenvalue weighted by Gasteiger charge is -2.03. The highest BCUT2D eigenvalue weighted by Gasteiger charge is 1.94. The zero-order valence-corrected chi connectivity index (χ0v) is 16.3. The summed E-state index contributed by atoms with van der Waals surface area (Å²) in [5.74, 6) is -1.70. The topological polar surface area (TPSA) is 74.6 Å². The first-order valence-corrected chi connectivity index (χ1v) is 10.4. The third-order valence-electron chi connectivity index (χ3n) is 4.51. The van der Waals surface area contributed by atoms with Crippen LogP contribution in [-0.4, -0.2) is 22.2 Å². The van der Waals surface area contributed by atoms with Crippen molar-refractivity contribution in [2.24, 2.45) is 0 Å². The average Bonchev–Trinajstić information content (AvgIpc) is 2.59. The van der Waals surface area contributed by atoms with E-state index in [1.165, 1.54) is 89.2 Å². The van der Waals surface area contributed by atoms with Gasteiger partial charge in [0.2, 0.25) is 0 Å². The van der Waals surface area contributed by atoms with Crippen LogP contribution >= 0.6 is 0 Å². The first kappa shape index (κ1) is 24.4. The average molecular weight is 367 g/mol. The summed E-state index contributed by atoms with van der Waals surface area (Å²) in [4.78, 5) is 20.6. The van der Waals surface area contributed by atoms with Crippen LogP contribution < -0.4 is 0 Å². The maximum Gasteiger partial charge on any atom is 0.327 e. The molecular weight excluding hydrogens is 328 g/mol. The second-order valence-electron chi connectivity index (χ2n) is 7.01. The quantitative estimate of drug-likeness (QED) is 0.202. The summed E-state index contributed by atoms with van der Waals surface area (Å²) >= 11 is 0. The fourth-order valence-corrected chi connectivity index (χ4v) is 3.01. The lowest BCUT2D eigenvalue weighted by Crippen LogP contribution is -1.86. The van der Waals surface area contributed by atoms with Gasteiger partial charge in [-0.15, -0.1) is 0 Å². The zero-order chi connectivity index (χ0) is 19.3. The molecule has 0 saturated carbocycles. The van der Waals surface area contributed by atoms with Gasteiger partial charge in [-0.2, -0.15) is 0 Å². The van der Waals surface area contributed by atoms with E-state index < -0.39 is 11.9 Å². The van der Waals surface area contributed by atoms with Gasteiger partial charge >= 0.3 is 11.9 Å². The van der Waals surface area contributed by atoms with Crippen LogP contribution in [0.15, 0.2) is 24.3 Å². The van der Waals surface area contributed by atoms with Crippen LogP contribution in [0.1, 0.15) is 103 Å². The maximum absolute atomic E-state index is 10.3. The Hall–Kier alpha value is -1.58. The molecule has 0 saturated heterocycles. The SMILES string of the molecule is O=C(O)C=CCCCCCCCCCCCCCCCCC=CC(=O)O. The van der Waals surface area contributed by atoms with Gasteiger partial charge in [0.15, 0.2) is 0 Å². The van der Waals surface area contributed by atoms with Crippen LogP contribution in [0.5, 0.6) is 0 Å². The fourth-order valence-electron chi connectivity index (χ4n) is 3.01. The normalized spacial score (nSPS) is 11.5. The minimum Gasteiger partial charge on any atom is -0.478 e. The third kappa shape index (κ3) is 22.4. The molecule has 0 spiro atoms. The second kappa shape index (κ2) is 19.7. The van der Waals surface area contributed by atoms with E-state index in [4.69, 9.17) is 10.2 Å². The number of aliphatic carboxylic acids is 2. The van der Waals surface area contributed by atoms with Crippen molar-refractivity contribution < 1.29 is 19.8 Å². The van der Waals surface area contributed by atoms with Crippen LogP contribution in [0.4, 0.5) is 0 Å². The molecule has 0 atom stereocenters. The smallest absolute Gasteiger partial charge is 0.327 e. The van der Waals surface area contributed by atoms with E-state index in [2.05, 4.69) is 0 Å². The molecule has 0 rings (SSSR count). The first-order valence-electron chi connectivity index (χ1n) is 10.4. The van der Waals surface area contributed by atoms with Gasteiger partial charge in [0.1, 0.15) is 0 Å². The monoisotopic (exact) mass is 366 g/mol. The summed E-state index contributed by atoms with van der Waals surface area (Å²) in [5, 5.41) is 16.9. The second-order valence-corrected chi connectivity index (χ2v) is 7.01. The Morgan fingerprint density at radius 1 is 0.462 bits per heavy atom. The number of rotatable bonds is 19. The molecule has 0 heterocycles. The molecule has 150 valence electrons. The first-order chi connectivity index (χ1) is 12.6. The molecule has 26 heavy (non-hydrogen) atoms. The van der Waals surface area contributed by atoms with Gasteiger partial charge < -0.3 is 10.2 Å². The van der Waals surface area contributed by atoms with Gasteiger partial charge in [-0.3, -0.25) is 0 Å². The molecule has 0 aromatic heterocycles. The lowest BCUT2D eigenvalue weighted by molar-refractivity contribution is -0.132. The number of carbonyl (C=O) groups is 2. The third-order valence-corrected chi connectivity index (χ3v) is 4.51. The van der Waals surface area contributed by atoms with Crippen molar-refractivity contribution in [1.29, 1.82) is 0 Å². The van der Waals surface area contributed by atoms with Crippen LogP contribution in [0, 0.1) is 0 Å².